The summed E-state index contributed by atoms with van der Waals surface area (Å²) in [6.07, 6.45) is 3.73. The van der Waals surface area contributed by atoms with Gasteiger partial charge in [0.15, 0.2) is 17.7 Å². The van der Waals surface area contributed by atoms with Crippen molar-refractivity contribution < 1.29 is 14.2 Å². The summed E-state index contributed by atoms with van der Waals surface area (Å²) in [6.45, 7) is 4.09. The lowest BCUT2D eigenvalue weighted by molar-refractivity contribution is -0.803. The van der Waals surface area contributed by atoms with E-state index in [1.54, 1.807) is 24.6 Å². The summed E-state index contributed by atoms with van der Waals surface area (Å²) >= 11 is 0. The van der Waals surface area contributed by atoms with Crippen molar-refractivity contribution in [3.63, 3.8) is 0 Å². The van der Waals surface area contributed by atoms with Crippen molar-refractivity contribution in [1.82, 2.24) is 4.90 Å². The molecule has 0 bridgehead atoms. The number of hydrogen-bond donors (Lipinski definition) is 2. The molecule has 3 N–H and O–H groups in total. The monoisotopic (exact) mass is 430 g/mol. The number of piperazine rings is 1. The Labute approximate surface area is 186 Å². The summed E-state index contributed by atoms with van der Waals surface area (Å²) in [4.78, 5) is 13.3. The van der Waals surface area contributed by atoms with Crippen molar-refractivity contribution in [2.24, 2.45) is 20.9 Å². The number of hydrogen-bond acceptors (Lipinski definition) is 8. The van der Waals surface area contributed by atoms with Crippen LogP contribution in [0.1, 0.15) is 17.4 Å². The van der Waals surface area contributed by atoms with E-state index in [-0.39, 0.29) is 4.70 Å². The first-order valence-corrected chi connectivity index (χ1v) is 10.4. The molecule has 9 nitrogen and oxygen atoms in total. The van der Waals surface area contributed by atoms with E-state index in [9.17, 15) is 5.11 Å². The van der Waals surface area contributed by atoms with Crippen LogP contribution in [0.3, 0.4) is 0 Å². The Bertz CT molecular complexity index is 1180. The van der Waals surface area contributed by atoms with Crippen LogP contribution in [0.15, 0.2) is 74.1 Å². The summed E-state index contributed by atoms with van der Waals surface area (Å²) in [5.41, 5.74) is 2.29. The molecule has 9 heteroatoms. The topological polar surface area (TPSA) is 103 Å². The highest BCUT2D eigenvalue weighted by Gasteiger charge is 2.39. The number of benzene rings is 1. The number of aliphatic imine (C=N–C) groups is 2. The van der Waals surface area contributed by atoms with Gasteiger partial charge < -0.3 is 19.3 Å². The predicted octanol–water partition coefficient (Wildman–Crippen LogP) is 1.46. The van der Waals surface area contributed by atoms with Crippen LogP contribution in [0, 0.1) is 11.8 Å². The Kier molecular flexibility index (Phi) is 5.20. The maximum atomic E-state index is 10.5. The van der Waals surface area contributed by atoms with Gasteiger partial charge in [-0.3, -0.25) is 0 Å². The highest BCUT2D eigenvalue weighted by Crippen LogP contribution is 2.23. The van der Waals surface area contributed by atoms with Gasteiger partial charge in [0.2, 0.25) is 0 Å². The molecule has 1 fully saturated rings. The summed E-state index contributed by atoms with van der Waals surface area (Å²) in [5.74, 6) is 13.5. The quantitative estimate of drug-likeness (QED) is 0.436. The highest BCUT2D eigenvalue weighted by atomic mass is 16.3. The molecule has 3 aliphatic rings. The van der Waals surface area contributed by atoms with Crippen LogP contribution in [0.25, 0.3) is 0 Å². The SMILES string of the molecule is CN1CCN(c2ccc(C(O)C#CC3=C[N+]4(N)N=C(c5ccco5)N=C4C=N3)cc2)CC1. The number of amidine groups is 2. The molecule has 4 heterocycles. The second-order valence-electron chi connectivity index (χ2n) is 7.94. The van der Waals surface area contributed by atoms with Crippen LogP contribution in [0.2, 0.25) is 0 Å². The number of aliphatic hydroxyl groups is 1. The van der Waals surface area contributed by atoms with Crippen molar-refractivity contribution in [2.75, 3.05) is 38.1 Å². The Balaban J connectivity index is 1.29. The van der Waals surface area contributed by atoms with Gasteiger partial charge in [-0.05, 0) is 52.6 Å². The van der Waals surface area contributed by atoms with E-state index in [0.29, 0.717) is 23.1 Å². The number of aliphatic hydroxyl groups excluding tert-OH is 1. The fourth-order valence-corrected chi connectivity index (χ4v) is 3.71. The molecular formula is C23H24N7O2+. The van der Waals surface area contributed by atoms with Crippen LogP contribution in [0.4, 0.5) is 5.69 Å². The lowest BCUT2D eigenvalue weighted by Gasteiger charge is -2.34. The van der Waals surface area contributed by atoms with E-state index < -0.39 is 6.10 Å². The molecule has 162 valence electrons. The molecule has 3 aliphatic heterocycles. The molecule has 1 saturated heterocycles. The molecule has 1 aromatic heterocycles. The minimum atomic E-state index is -0.935. The molecule has 0 amide bonds. The van der Waals surface area contributed by atoms with Crippen LogP contribution >= 0.6 is 0 Å². The maximum Gasteiger partial charge on any atom is 0.300 e. The number of furan rings is 1. The van der Waals surface area contributed by atoms with Crippen molar-refractivity contribution in [1.29, 1.82) is 0 Å². The largest absolute Gasteiger partial charge is 0.461 e. The van der Waals surface area contributed by atoms with Gasteiger partial charge in [-0.1, -0.05) is 18.1 Å². The van der Waals surface area contributed by atoms with Gasteiger partial charge in [0.1, 0.15) is 12.3 Å². The van der Waals surface area contributed by atoms with Crippen molar-refractivity contribution in [3.05, 3.63) is 65.9 Å². The van der Waals surface area contributed by atoms with Gasteiger partial charge in [-0.2, -0.15) is 4.99 Å². The molecule has 0 radical (unpaired) electrons. The van der Waals surface area contributed by atoms with E-state index in [1.165, 1.54) is 6.21 Å². The number of allylic oxidation sites excluding steroid dienone is 1. The van der Waals surface area contributed by atoms with Gasteiger partial charge in [-0.25, -0.2) is 4.99 Å². The molecule has 5 rings (SSSR count). The summed E-state index contributed by atoms with van der Waals surface area (Å²) in [5, 5.41) is 14.9. The van der Waals surface area contributed by atoms with Gasteiger partial charge in [0, 0.05) is 31.9 Å². The third-order valence-electron chi connectivity index (χ3n) is 5.64. The molecule has 32 heavy (non-hydrogen) atoms. The number of nitrogens with zero attached hydrogens (tertiary/aromatic N) is 6. The lowest BCUT2D eigenvalue weighted by atomic mass is 10.1. The smallest absolute Gasteiger partial charge is 0.300 e. The van der Waals surface area contributed by atoms with Gasteiger partial charge >= 0.3 is 0 Å². The van der Waals surface area contributed by atoms with Crippen LogP contribution in [0.5, 0.6) is 0 Å². The van der Waals surface area contributed by atoms with Crippen LogP contribution < -0.4 is 10.7 Å². The van der Waals surface area contributed by atoms with E-state index >= 15 is 0 Å². The molecule has 1 aromatic carbocycles. The normalized spacial score (nSPS) is 23.6. The Morgan fingerprint density at radius 1 is 1.16 bits per heavy atom. The fraction of sp³-hybridized carbons (Fsp3) is 0.261. The first-order valence-electron chi connectivity index (χ1n) is 10.4. The van der Waals surface area contributed by atoms with Crippen molar-refractivity contribution >= 4 is 23.6 Å². The minimum absolute atomic E-state index is 0.390. The number of fused-ring (bicyclic) bond motifs is 1. The average molecular weight is 430 g/mol. The molecule has 2 atom stereocenters. The second kappa shape index (κ2) is 8.18. The van der Waals surface area contributed by atoms with Crippen LogP contribution in [-0.4, -0.2) is 65.8 Å². The number of quaternary nitrogens is 1. The summed E-state index contributed by atoms with van der Waals surface area (Å²) in [7, 11) is 2.14. The number of likely N-dealkylation sites (N-methyl/N-ethyl adjacent to an activating group) is 1. The van der Waals surface area contributed by atoms with Gasteiger partial charge in [-0.15, -0.1) is 5.84 Å². The molecule has 0 spiro atoms. The van der Waals surface area contributed by atoms with Gasteiger partial charge in [0.05, 0.1) is 6.26 Å². The zero-order valence-corrected chi connectivity index (χ0v) is 17.7. The molecule has 2 aromatic rings. The fourth-order valence-electron chi connectivity index (χ4n) is 3.71. The van der Waals surface area contributed by atoms with E-state index in [2.05, 4.69) is 43.8 Å². The number of rotatable bonds is 3. The maximum absolute atomic E-state index is 10.5. The Hall–Kier alpha value is -3.55. The predicted molar refractivity (Wildman–Crippen MR) is 123 cm³/mol. The van der Waals surface area contributed by atoms with Gasteiger partial charge in [0.25, 0.3) is 11.7 Å². The first kappa shape index (κ1) is 20.4. The summed E-state index contributed by atoms with van der Waals surface area (Å²) < 4.78 is 4.95. The Morgan fingerprint density at radius 2 is 1.94 bits per heavy atom. The minimum Gasteiger partial charge on any atom is -0.461 e. The third-order valence-corrected chi connectivity index (χ3v) is 5.64. The number of anilines is 1. The summed E-state index contributed by atoms with van der Waals surface area (Å²) in [6, 6.07) is 11.4. The average Bonchev–Trinajstić information content (AvgIpc) is 3.45. The third kappa shape index (κ3) is 4.00. The van der Waals surface area contributed by atoms with Crippen molar-refractivity contribution in [3.8, 4) is 11.8 Å². The van der Waals surface area contributed by atoms with Crippen molar-refractivity contribution in [2.45, 2.75) is 6.10 Å². The zero-order chi connectivity index (χ0) is 22.1. The molecular weight excluding hydrogens is 406 g/mol. The lowest BCUT2D eigenvalue weighted by Crippen LogP contribution is -2.50. The van der Waals surface area contributed by atoms with E-state index in [0.717, 1.165) is 37.4 Å². The molecule has 2 unspecified atom stereocenters. The Morgan fingerprint density at radius 3 is 2.66 bits per heavy atom. The van der Waals surface area contributed by atoms with E-state index in [1.807, 2.05) is 24.3 Å². The van der Waals surface area contributed by atoms with E-state index in [4.69, 9.17) is 10.3 Å². The zero-order valence-electron chi connectivity index (χ0n) is 17.7. The standard InChI is InChI=1S/C23H24N7O2/c1-28-10-12-29(13-11-28)19-7-4-17(5-8-19)20(31)9-6-18-16-30(24)22(15-25-18)26-23(27-30)21-3-2-14-32-21/h2-5,7-8,14-16,20,31H,10-13,24H2,1H3/q+1. The number of nitrogens with two attached hydrogens (primary N) is 1. The highest BCUT2D eigenvalue weighted by molar-refractivity contribution is 6.31. The molecule has 0 aliphatic carbocycles. The first-order chi connectivity index (χ1) is 15.5. The molecule has 0 saturated carbocycles. The second-order valence-corrected chi connectivity index (χ2v) is 7.94. The van der Waals surface area contributed by atoms with Crippen LogP contribution in [-0.2, 0) is 0 Å².